The molecule has 1 nitrogen and oxygen atoms in total. The quantitative estimate of drug-likeness (QED) is 0.176. The van der Waals surface area contributed by atoms with Crippen molar-refractivity contribution in [3.05, 3.63) is 234 Å². The molecule has 0 amide bonds. The second kappa shape index (κ2) is 12.4. The van der Waals surface area contributed by atoms with Gasteiger partial charge in [-0.15, -0.1) is 0 Å². The molecule has 274 valence electrons. The molecule has 0 aromatic heterocycles. The van der Waals surface area contributed by atoms with Crippen LogP contribution in [0.15, 0.2) is 210 Å². The highest BCUT2D eigenvalue weighted by Gasteiger charge is 2.50. The van der Waals surface area contributed by atoms with Crippen LogP contribution >= 0.6 is 11.8 Å². The molecule has 0 unspecified atom stereocenters. The second-order valence-electron chi connectivity index (χ2n) is 16.5. The Kier molecular flexibility index (Phi) is 7.19. The Bertz CT molecular complexity index is 3080. The normalized spacial score (nSPS) is 14.6. The zero-order valence-corrected chi connectivity index (χ0v) is 33.2. The summed E-state index contributed by atoms with van der Waals surface area (Å²) in [6, 6.07) is 74.8. The molecule has 3 aliphatic rings. The van der Waals surface area contributed by atoms with Crippen LogP contribution in [0, 0.1) is 0 Å². The minimum atomic E-state index is -0.405. The Morgan fingerprint density at radius 3 is 1.57 bits per heavy atom. The van der Waals surface area contributed by atoms with Crippen LogP contribution in [0.5, 0.6) is 0 Å². The lowest BCUT2D eigenvalue weighted by molar-refractivity contribution is 0.660. The standard InChI is InChI=1S/C56H39NS/c1-55(2)47-21-11-8-18-43(47)46-30-29-42(35-51(46)55)57(40-16-4-3-5-17-40)41-27-24-36(25-28-41)39-26-31-50-53(34-39)58-54-33-38-15-7-6-14-37(38)32-52(54)56(50)48-22-12-9-19-44(48)45-20-10-13-23-49(45)56/h3-35H,1-2H3. The second-order valence-corrected chi connectivity index (χ2v) is 17.6. The largest absolute Gasteiger partial charge is 0.310 e. The molecule has 9 aromatic rings. The van der Waals surface area contributed by atoms with Crippen molar-refractivity contribution in [2.75, 3.05) is 4.90 Å². The van der Waals surface area contributed by atoms with Gasteiger partial charge in [0.25, 0.3) is 0 Å². The Labute approximate surface area is 344 Å². The van der Waals surface area contributed by atoms with Crippen LogP contribution in [-0.4, -0.2) is 0 Å². The maximum absolute atomic E-state index is 2.46. The fourth-order valence-corrected chi connectivity index (χ4v) is 11.7. The monoisotopic (exact) mass is 757 g/mol. The summed E-state index contributed by atoms with van der Waals surface area (Å²) in [6.45, 7) is 4.71. The molecule has 2 aliphatic carbocycles. The fourth-order valence-electron chi connectivity index (χ4n) is 10.4. The number of hydrogen-bond donors (Lipinski definition) is 0. The van der Waals surface area contributed by atoms with Gasteiger partial charge in [0.1, 0.15) is 0 Å². The predicted octanol–water partition coefficient (Wildman–Crippen LogP) is 15.1. The van der Waals surface area contributed by atoms with E-state index >= 15 is 0 Å². The summed E-state index contributed by atoms with van der Waals surface area (Å²) in [5, 5.41) is 2.56. The van der Waals surface area contributed by atoms with Crippen LogP contribution in [0.2, 0.25) is 0 Å². The van der Waals surface area contributed by atoms with E-state index in [-0.39, 0.29) is 5.41 Å². The minimum absolute atomic E-state index is 0.0759. The third-order valence-electron chi connectivity index (χ3n) is 13.1. The number of rotatable bonds is 4. The number of nitrogens with zero attached hydrogens (tertiary/aromatic N) is 1. The molecule has 0 saturated heterocycles. The van der Waals surface area contributed by atoms with Gasteiger partial charge in [-0.2, -0.15) is 0 Å². The van der Waals surface area contributed by atoms with Crippen molar-refractivity contribution in [3.63, 3.8) is 0 Å². The lowest BCUT2D eigenvalue weighted by atomic mass is 9.67. The first-order valence-electron chi connectivity index (χ1n) is 20.3. The summed E-state index contributed by atoms with van der Waals surface area (Å²) in [7, 11) is 0. The summed E-state index contributed by atoms with van der Waals surface area (Å²) in [5.74, 6) is 0. The fraction of sp³-hybridized carbons (Fsp3) is 0.0714. The van der Waals surface area contributed by atoms with Crippen molar-refractivity contribution in [2.24, 2.45) is 0 Å². The first-order valence-corrected chi connectivity index (χ1v) is 21.1. The van der Waals surface area contributed by atoms with E-state index in [1.165, 1.54) is 87.3 Å². The average Bonchev–Trinajstić information content (AvgIpc) is 3.69. The highest BCUT2D eigenvalue weighted by molar-refractivity contribution is 7.99. The average molecular weight is 758 g/mol. The van der Waals surface area contributed by atoms with Crippen molar-refractivity contribution in [1.82, 2.24) is 0 Å². The first-order chi connectivity index (χ1) is 28.5. The summed E-state index contributed by atoms with van der Waals surface area (Å²) in [4.78, 5) is 5.03. The van der Waals surface area contributed by atoms with E-state index in [0.29, 0.717) is 0 Å². The molecular weight excluding hydrogens is 719 g/mol. The number of benzene rings is 9. The van der Waals surface area contributed by atoms with Crippen molar-refractivity contribution in [1.29, 1.82) is 0 Å². The van der Waals surface area contributed by atoms with Crippen LogP contribution in [0.4, 0.5) is 17.1 Å². The van der Waals surface area contributed by atoms with Crippen molar-refractivity contribution >= 4 is 39.6 Å². The molecule has 0 saturated carbocycles. The van der Waals surface area contributed by atoms with Gasteiger partial charge in [0.15, 0.2) is 0 Å². The highest BCUT2D eigenvalue weighted by atomic mass is 32.2. The predicted molar refractivity (Wildman–Crippen MR) is 243 cm³/mol. The third kappa shape index (κ3) is 4.67. The molecule has 12 rings (SSSR count). The summed E-state index contributed by atoms with van der Waals surface area (Å²) in [6.07, 6.45) is 0. The number of anilines is 3. The molecular formula is C56H39NS. The van der Waals surface area contributed by atoms with E-state index in [0.717, 1.165) is 17.1 Å². The lowest BCUT2D eigenvalue weighted by Crippen LogP contribution is -2.32. The van der Waals surface area contributed by atoms with Gasteiger partial charge in [-0.05, 0) is 132 Å². The van der Waals surface area contributed by atoms with E-state index in [9.17, 15) is 0 Å². The van der Waals surface area contributed by atoms with Gasteiger partial charge >= 0.3 is 0 Å². The first kappa shape index (κ1) is 33.5. The molecule has 0 N–H and O–H groups in total. The highest BCUT2D eigenvalue weighted by Crippen LogP contribution is 2.63. The van der Waals surface area contributed by atoms with Gasteiger partial charge in [-0.3, -0.25) is 0 Å². The van der Waals surface area contributed by atoms with E-state index < -0.39 is 5.41 Å². The van der Waals surface area contributed by atoms with Gasteiger partial charge in [0.2, 0.25) is 0 Å². The summed E-state index contributed by atoms with van der Waals surface area (Å²) in [5.41, 5.74) is 18.9. The Balaban J connectivity index is 0.981. The van der Waals surface area contributed by atoms with Gasteiger partial charge in [0.05, 0.1) is 5.41 Å². The Morgan fingerprint density at radius 1 is 0.345 bits per heavy atom. The molecule has 1 aliphatic heterocycles. The third-order valence-corrected chi connectivity index (χ3v) is 14.2. The number of fused-ring (bicyclic) bond motifs is 13. The Morgan fingerprint density at radius 2 is 0.862 bits per heavy atom. The van der Waals surface area contributed by atoms with Crippen molar-refractivity contribution < 1.29 is 0 Å². The van der Waals surface area contributed by atoms with E-state index in [1.807, 2.05) is 11.8 Å². The minimum Gasteiger partial charge on any atom is -0.310 e. The zero-order chi connectivity index (χ0) is 38.6. The van der Waals surface area contributed by atoms with Crippen molar-refractivity contribution in [2.45, 2.75) is 34.5 Å². The topological polar surface area (TPSA) is 3.24 Å². The van der Waals surface area contributed by atoms with Crippen LogP contribution in [0.3, 0.4) is 0 Å². The molecule has 0 fully saturated rings. The maximum Gasteiger partial charge on any atom is 0.0735 e. The van der Waals surface area contributed by atoms with Crippen molar-refractivity contribution in [3.8, 4) is 33.4 Å². The SMILES string of the molecule is CC1(C)c2ccccc2-c2ccc(N(c3ccccc3)c3ccc(-c4ccc5c(c4)Sc4cc6ccccc6cc4C54c5ccccc5-c5ccccc54)cc3)cc21. The van der Waals surface area contributed by atoms with Crippen LogP contribution in [0.1, 0.15) is 47.2 Å². The summed E-state index contributed by atoms with van der Waals surface area (Å²) < 4.78 is 0. The van der Waals surface area contributed by atoms with Crippen LogP contribution in [-0.2, 0) is 10.8 Å². The van der Waals surface area contributed by atoms with Crippen LogP contribution < -0.4 is 4.90 Å². The molecule has 0 radical (unpaired) electrons. The molecule has 1 spiro atoms. The smallest absolute Gasteiger partial charge is 0.0735 e. The lowest BCUT2D eigenvalue weighted by Gasteiger charge is -2.40. The zero-order valence-electron chi connectivity index (χ0n) is 32.4. The van der Waals surface area contributed by atoms with E-state index in [1.54, 1.807) is 0 Å². The molecule has 58 heavy (non-hydrogen) atoms. The van der Waals surface area contributed by atoms with Gasteiger partial charge in [-0.1, -0.05) is 171 Å². The van der Waals surface area contributed by atoms with E-state index in [2.05, 4.69) is 219 Å². The van der Waals surface area contributed by atoms with Gasteiger partial charge in [0, 0.05) is 32.3 Å². The molecule has 2 heteroatoms. The number of hydrogen-bond acceptors (Lipinski definition) is 2. The van der Waals surface area contributed by atoms with Gasteiger partial charge in [-0.25, -0.2) is 0 Å². The summed E-state index contributed by atoms with van der Waals surface area (Å²) >= 11 is 1.92. The maximum atomic E-state index is 2.46. The molecule has 1 heterocycles. The molecule has 9 aromatic carbocycles. The number of para-hydroxylation sites is 1. The van der Waals surface area contributed by atoms with E-state index in [4.69, 9.17) is 0 Å². The molecule has 0 bridgehead atoms. The Hall–Kier alpha value is -6.61. The van der Waals surface area contributed by atoms with Gasteiger partial charge < -0.3 is 4.90 Å². The molecule has 0 atom stereocenters. The van der Waals surface area contributed by atoms with Crippen LogP contribution in [0.25, 0.3) is 44.2 Å².